The minimum Gasteiger partial charge on any atom is -0.493 e. The van der Waals surface area contributed by atoms with Gasteiger partial charge < -0.3 is 19.5 Å². The predicted molar refractivity (Wildman–Crippen MR) is 84.2 cm³/mol. The first kappa shape index (κ1) is 17.6. The minimum atomic E-state index is -0.678. The lowest BCUT2D eigenvalue weighted by Gasteiger charge is -2.13. The number of amides is 3. The highest BCUT2D eigenvalue weighted by molar-refractivity contribution is 5.98. The number of urea groups is 1. The fourth-order valence-electron chi connectivity index (χ4n) is 2.12. The first-order chi connectivity index (χ1) is 11.6. The normalized spacial score (nSPS) is 13.4. The summed E-state index contributed by atoms with van der Waals surface area (Å²) in [6.45, 7) is 2.69. The van der Waals surface area contributed by atoms with Gasteiger partial charge in [-0.2, -0.15) is 0 Å². The van der Waals surface area contributed by atoms with E-state index in [-0.39, 0.29) is 12.1 Å². The first-order valence-electron chi connectivity index (χ1n) is 7.63. The Bertz CT molecular complexity index is 631. The fraction of sp³-hybridized carbons (Fsp3) is 0.438. The lowest BCUT2D eigenvalue weighted by atomic mass is 10.2. The van der Waals surface area contributed by atoms with E-state index < -0.39 is 24.5 Å². The number of ether oxygens (including phenoxy) is 3. The van der Waals surface area contributed by atoms with Gasteiger partial charge in [0, 0.05) is 13.1 Å². The highest BCUT2D eigenvalue weighted by Gasteiger charge is 2.27. The molecular formula is C16H20N2O6. The number of hydrogen-bond acceptors (Lipinski definition) is 6. The molecule has 0 saturated carbocycles. The molecular weight excluding hydrogens is 316 g/mol. The van der Waals surface area contributed by atoms with E-state index in [1.54, 1.807) is 6.07 Å². The van der Waals surface area contributed by atoms with Crippen molar-refractivity contribution in [3.8, 4) is 11.5 Å². The van der Waals surface area contributed by atoms with Crippen molar-refractivity contribution >= 4 is 17.9 Å². The molecule has 0 aliphatic carbocycles. The highest BCUT2D eigenvalue weighted by Crippen LogP contribution is 2.28. The van der Waals surface area contributed by atoms with E-state index in [1.807, 2.05) is 6.92 Å². The molecule has 0 radical (unpaired) electrons. The van der Waals surface area contributed by atoms with Crippen LogP contribution in [0.5, 0.6) is 11.5 Å². The van der Waals surface area contributed by atoms with Gasteiger partial charge in [0.15, 0.2) is 18.1 Å². The van der Waals surface area contributed by atoms with Gasteiger partial charge in [-0.3, -0.25) is 9.69 Å². The Balaban J connectivity index is 1.96. The number of nitrogens with zero attached hydrogens (tertiary/aromatic N) is 1. The van der Waals surface area contributed by atoms with Crippen molar-refractivity contribution < 1.29 is 28.6 Å². The maximum absolute atomic E-state index is 12.0. The largest absolute Gasteiger partial charge is 0.493 e. The second kappa shape index (κ2) is 8.19. The van der Waals surface area contributed by atoms with Crippen LogP contribution >= 0.6 is 0 Å². The summed E-state index contributed by atoms with van der Waals surface area (Å²) >= 11 is 0. The molecule has 1 aliphatic rings. The number of benzene rings is 1. The maximum Gasteiger partial charge on any atom is 0.338 e. The molecule has 1 fully saturated rings. The Morgan fingerprint density at radius 3 is 2.71 bits per heavy atom. The van der Waals surface area contributed by atoms with E-state index in [1.165, 1.54) is 19.2 Å². The van der Waals surface area contributed by atoms with Crippen molar-refractivity contribution in [2.45, 2.75) is 13.3 Å². The minimum absolute atomic E-state index is 0.231. The third-order valence-corrected chi connectivity index (χ3v) is 3.35. The molecule has 0 aromatic heterocycles. The van der Waals surface area contributed by atoms with Gasteiger partial charge in [-0.15, -0.1) is 0 Å². The van der Waals surface area contributed by atoms with E-state index in [2.05, 4.69) is 5.32 Å². The zero-order chi connectivity index (χ0) is 17.5. The molecule has 1 aliphatic heterocycles. The summed E-state index contributed by atoms with van der Waals surface area (Å²) in [5.74, 6) is -0.305. The SMILES string of the molecule is CCCOc1ccc(C(=O)OCC(=O)N2CCNC2=O)cc1OC. The Labute approximate surface area is 139 Å². The number of rotatable bonds is 7. The first-order valence-corrected chi connectivity index (χ1v) is 7.63. The Kier molecular flexibility index (Phi) is 6.00. The third kappa shape index (κ3) is 4.15. The van der Waals surface area contributed by atoms with Gasteiger partial charge in [-0.05, 0) is 24.6 Å². The average Bonchev–Trinajstić information content (AvgIpc) is 3.03. The molecule has 130 valence electrons. The van der Waals surface area contributed by atoms with Crippen molar-refractivity contribution in [2.75, 3.05) is 33.4 Å². The van der Waals surface area contributed by atoms with Gasteiger partial charge in [0.2, 0.25) is 0 Å². The summed E-state index contributed by atoms with van der Waals surface area (Å²) in [7, 11) is 1.47. The van der Waals surface area contributed by atoms with Crippen LogP contribution in [-0.2, 0) is 9.53 Å². The smallest absolute Gasteiger partial charge is 0.338 e. The van der Waals surface area contributed by atoms with Crippen molar-refractivity contribution in [3.05, 3.63) is 23.8 Å². The lowest BCUT2D eigenvalue weighted by Crippen LogP contribution is -2.37. The highest BCUT2D eigenvalue weighted by atomic mass is 16.5. The van der Waals surface area contributed by atoms with E-state index >= 15 is 0 Å². The van der Waals surface area contributed by atoms with Crippen LogP contribution in [0.15, 0.2) is 18.2 Å². The van der Waals surface area contributed by atoms with Crippen molar-refractivity contribution in [3.63, 3.8) is 0 Å². The van der Waals surface area contributed by atoms with Crippen LogP contribution in [-0.4, -0.2) is 56.2 Å². The van der Waals surface area contributed by atoms with Crippen LogP contribution in [0, 0.1) is 0 Å². The van der Waals surface area contributed by atoms with E-state index in [0.717, 1.165) is 11.3 Å². The molecule has 8 nitrogen and oxygen atoms in total. The second-order valence-electron chi connectivity index (χ2n) is 5.07. The molecule has 0 spiro atoms. The van der Waals surface area contributed by atoms with Crippen molar-refractivity contribution in [2.24, 2.45) is 0 Å². The Morgan fingerprint density at radius 1 is 1.29 bits per heavy atom. The van der Waals surface area contributed by atoms with Gasteiger partial charge in [0.05, 0.1) is 19.3 Å². The number of carbonyl (C=O) groups excluding carboxylic acids is 3. The molecule has 0 bridgehead atoms. The number of methoxy groups -OCH3 is 1. The summed E-state index contributed by atoms with van der Waals surface area (Å²) in [6, 6.07) is 4.15. The molecule has 24 heavy (non-hydrogen) atoms. The molecule has 1 aromatic carbocycles. The predicted octanol–water partition coefficient (Wildman–Crippen LogP) is 1.19. The van der Waals surface area contributed by atoms with Gasteiger partial charge in [0.25, 0.3) is 5.91 Å². The number of imide groups is 1. The summed E-state index contributed by atoms with van der Waals surface area (Å²) in [4.78, 5) is 36.2. The maximum atomic E-state index is 12.0. The molecule has 1 saturated heterocycles. The Morgan fingerprint density at radius 2 is 2.08 bits per heavy atom. The standard InChI is InChI=1S/C16H20N2O6/c1-3-8-23-12-5-4-11(9-13(12)22-2)15(20)24-10-14(19)18-7-6-17-16(18)21/h4-5,9H,3,6-8,10H2,1-2H3,(H,17,21). The van der Waals surface area contributed by atoms with Gasteiger partial charge in [0.1, 0.15) is 0 Å². The monoisotopic (exact) mass is 336 g/mol. The van der Waals surface area contributed by atoms with Crippen LogP contribution in [0.1, 0.15) is 23.7 Å². The van der Waals surface area contributed by atoms with Crippen molar-refractivity contribution in [1.29, 1.82) is 0 Å². The van der Waals surface area contributed by atoms with Crippen LogP contribution in [0.2, 0.25) is 0 Å². The Hall–Kier alpha value is -2.77. The van der Waals surface area contributed by atoms with E-state index in [4.69, 9.17) is 14.2 Å². The van der Waals surface area contributed by atoms with Gasteiger partial charge >= 0.3 is 12.0 Å². The molecule has 2 rings (SSSR count). The number of esters is 1. The summed E-state index contributed by atoms with van der Waals surface area (Å²) in [6.07, 6.45) is 0.846. The molecule has 1 aromatic rings. The molecule has 8 heteroatoms. The van der Waals surface area contributed by atoms with Crippen LogP contribution in [0.25, 0.3) is 0 Å². The van der Waals surface area contributed by atoms with E-state index in [0.29, 0.717) is 24.7 Å². The van der Waals surface area contributed by atoms with Crippen LogP contribution in [0.4, 0.5) is 4.79 Å². The van der Waals surface area contributed by atoms with Gasteiger partial charge in [-0.1, -0.05) is 6.92 Å². The fourth-order valence-corrected chi connectivity index (χ4v) is 2.12. The molecule has 1 N–H and O–H groups in total. The summed E-state index contributed by atoms with van der Waals surface area (Å²) < 4.78 is 15.7. The second-order valence-corrected chi connectivity index (χ2v) is 5.07. The average molecular weight is 336 g/mol. The van der Waals surface area contributed by atoms with Crippen LogP contribution in [0.3, 0.4) is 0 Å². The lowest BCUT2D eigenvalue weighted by molar-refractivity contribution is -0.130. The molecule has 0 unspecified atom stereocenters. The van der Waals surface area contributed by atoms with E-state index in [9.17, 15) is 14.4 Å². The quantitative estimate of drug-likeness (QED) is 0.752. The number of nitrogens with one attached hydrogen (secondary N) is 1. The molecule has 1 heterocycles. The van der Waals surface area contributed by atoms with Crippen LogP contribution < -0.4 is 14.8 Å². The van der Waals surface area contributed by atoms with Gasteiger partial charge in [-0.25, -0.2) is 9.59 Å². The van der Waals surface area contributed by atoms with Crippen molar-refractivity contribution in [1.82, 2.24) is 10.2 Å². The zero-order valence-corrected chi connectivity index (χ0v) is 13.7. The number of hydrogen-bond donors (Lipinski definition) is 1. The zero-order valence-electron chi connectivity index (χ0n) is 13.7. The third-order valence-electron chi connectivity index (χ3n) is 3.35. The summed E-state index contributed by atoms with van der Waals surface area (Å²) in [5, 5.41) is 2.50. The summed E-state index contributed by atoms with van der Waals surface area (Å²) in [5.41, 5.74) is 0.231. The molecule has 3 amide bonds. The number of carbonyl (C=O) groups is 3. The molecule has 0 atom stereocenters. The topological polar surface area (TPSA) is 94.2 Å².